The van der Waals surface area contributed by atoms with Gasteiger partial charge in [-0.15, -0.1) is 0 Å². The van der Waals surface area contributed by atoms with Gasteiger partial charge in [0.25, 0.3) is 0 Å². The predicted molar refractivity (Wildman–Crippen MR) is 84.1 cm³/mol. The van der Waals surface area contributed by atoms with Gasteiger partial charge in [0.1, 0.15) is 12.4 Å². The van der Waals surface area contributed by atoms with E-state index >= 15 is 0 Å². The van der Waals surface area contributed by atoms with E-state index in [2.05, 4.69) is 23.3 Å². The molecule has 21 heavy (non-hydrogen) atoms. The molecule has 0 amide bonds. The molecule has 0 fully saturated rings. The van der Waals surface area contributed by atoms with Gasteiger partial charge < -0.3 is 10.5 Å². The number of rotatable bonds is 4. The van der Waals surface area contributed by atoms with Crippen molar-refractivity contribution < 1.29 is 4.74 Å². The Balaban J connectivity index is 1.99. The first-order valence-corrected chi connectivity index (χ1v) is 7.02. The molecule has 1 atom stereocenters. The normalized spacial score (nSPS) is 12.5. The molecule has 2 aromatic carbocycles. The molecule has 2 N–H and O–H groups in total. The Morgan fingerprint density at radius 1 is 1.24 bits per heavy atom. The quantitative estimate of drug-likeness (QED) is 0.799. The highest BCUT2D eigenvalue weighted by atomic mass is 16.5. The minimum atomic E-state index is -0.0708. The van der Waals surface area contributed by atoms with E-state index in [0.717, 1.165) is 27.6 Å². The zero-order valence-electron chi connectivity index (χ0n) is 12.3. The standard InChI is InChI=1S/C17H19N3O/c1-12(18)15-8-7-14-5-3-4-6-16(14)17(15)21-11-13-9-19-20(2)10-13/h3-10,12H,11,18H2,1-2H3/t12-/m1/s1. The second kappa shape index (κ2) is 5.58. The molecule has 0 spiro atoms. The summed E-state index contributed by atoms with van der Waals surface area (Å²) >= 11 is 0. The van der Waals surface area contributed by atoms with Crippen LogP contribution in [0.2, 0.25) is 0 Å². The molecular formula is C17H19N3O. The van der Waals surface area contributed by atoms with Gasteiger partial charge in [-0.25, -0.2) is 0 Å². The number of nitrogens with two attached hydrogens (primary N) is 1. The Morgan fingerprint density at radius 2 is 2.05 bits per heavy atom. The second-order valence-electron chi connectivity index (χ2n) is 5.30. The van der Waals surface area contributed by atoms with E-state index in [4.69, 9.17) is 10.5 Å². The van der Waals surface area contributed by atoms with E-state index in [1.165, 1.54) is 0 Å². The van der Waals surface area contributed by atoms with Crippen molar-refractivity contribution in [2.45, 2.75) is 19.6 Å². The molecule has 0 aliphatic rings. The van der Waals surface area contributed by atoms with E-state index in [1.54, 1.807) is 4.68 Å². The minimum Gasteiger partial charge on any atom is -0.488 e. The van der Waals surface area contributed by atoms with E-state index in [9.17, 15) is 0 Å². The summed E-state index contributed by atoms with van der Waals surface area (Å²) in [6.07, 6.45) is 3.77. The van der Waals surface area contributed by atoms with Crippen LogP contribution in [0.4, 0.5) is 0 Å². The molecule has 108 valence electrons. The van der Waals surface area contributed by atoms with Gasteiger partial charge in [0, 0.05) is 35.8 Å². The summed E-state index contributed by atoms with van der Waals surface area (Å²) in [5, 5.41) is 6.41. The van der Waals surface area contributed by atoms with Gasteiger partial charge in [0.15, 0.2) is 0 Å². The lowest BCUT2D eigenvalue weighted by atomic mass is 10.0. The highest BCUT2D eigenvalue weighted by Crippen LogP contribution is 2.33. The Kier molecular flexibility index (Phi) is 3.62. The van der Waals surface area contributed by atoms with Gasteiger partial charge in [0.2, 0.25) is 0 Å². The first-order chi connectivity index (χ1) is 10.1. The average molecular weight is 281 g/mol. The van der Waals surface area contributed by atoms with E-state index in [0.29, 0.717) is 6.61 Å². The summed E-state index contributed by atoms with van der Waals surface area (Å²) in [5.74, 6) is 0.868. The van der Waals surface area contributed by atoms with Gasteiger partial charge >= 0.3 is 0 Å². The van der Waals surface area contributed by atoms with Gasteiger partial charge in [-0.1, -0.05) is 36.4 Å². The molecule has 0 aliphatic heterocycles. The van der Waals surface area contributed by atoms with Crippen LogP contribution in [-0.4, -0.2) is 9.78 Å². The van der Waals surface area contributed by atoms with Crippen LogP contribution in [0.1, 0.15) is 24.1 Å². The van der Waals surface area contributed by atoms with E-state index < -0.39 is 0 Å². The molecule has 0 bridgehead atoms. The Labute approximate surface area is 124 Å². The third kappa shape index (κ3) is 2.76. The van der Waals surface area contributed by atoms with Crippen molar-refractivity contribution in [3.05, 3.63) is 59.9 Å². The van der Waals surface area contributed by atoms with Crippen molar-refractivity contribution in [3.8, 4) is 5.75 Å². The summed E-state index contributed by atoms with van der Waals surface area (Å²) in [6.45, 7) is 2.46. The maximum atomic E-state index is 6.08. The molecule has 0 radical (unpaired) electrons. The number of ether oxygens (including phenoxy) is 1. The molecule has 3 aromatic rings. The van der Waals surface area contributed by atoms with Crippen molar-refractivity contribution in [2.24, 2.45) is 12.8 Å². The predicted octanol–water partition coefficient (Wildman–Crippen LogP) is 3.17. The Morgan fingerprint density at radius 3 is 2.76 bits per heavy atom. The van der Waals surface area contributed by atoms with Crippen LogP contribution in [0.5, 0.6) is 5.75 Å². The topological polar surface area (TPSA) is 53.1 Å². The van der Waals surface area contributed by atoms with Crippen molar-refractivity contribution in [1.82, 2.24) is 9.78 Å². The van der Waals surface area contributed by atoms with Gasteiger partial charge in [-0.2, -0.15) is 5.10 Å². The lowest BCUT2D eigenvalue weighted by molar-refractivity contribution is 0.305. The summed E-state index contributed by atoms with van der Waals surface area (Å²) in [6, 6.07) is 12.3. The van der Waals surface area contributed by atoms with Crippen LogP contribution >= 0.6 is 0 Å². The maximum Gasteiger partial charge on any atom is 0.132 e. The van der Waals surface area contributed by atoms with Crippen LogP contribution in [0, 0.1) is 0 Å². The van der Waals surface area contributed by atoms with Crippen molar-refractivity contribution in [1.29, 1.82) is 0 Å². The first-order valence-electron chi connectivity index (χ1n) is 7.02. The molecule has 1 heterocycles. The lowest BCUT2D eigenvalue weighted by Gasteiger charge is -2.16. The van der Waals surface area contributed by atoms with Gasteiger partial charge in [0.05, 0.1) is 6.20 Å². The minimum absolute atomic E-state index is 0.0708. The van der Waals surface area contributed by atoms with Crippen molar-refractivity contribution in [2.75, 3.05) is 0 Å². The van der Waals surface area contributed by atoms with Gasteiger partial charge in [-0.05, 0) is 12.3 Å². The lowest BCUT2D eigenvalue weighted by Crippen LogP contribution is -2.08. The zero-order valence-corrected chi connectivity index (χ0v) is 12.3. The van der Waals surface area contributed by atoms with Crippen molar-refractivity contribution in [3.63, 3.8) is 0 Å². The largest absolute Gasteiger partial charge is 0.488 e. The van der Waals surface area contributed by atoms with Gasteiger partial charge in [-0.3, -0.25) is 4.68 Å². The maximum absolute atomic E-state index is 6.08. The number of fused-ring (bicyclic) bond motifs is 1. The van der Waals surface area contributed by atoms with Crippen LogP contribution in [0.15, 0.2) is 48.8 Å². The van der Waals surface area contributed by atoms with E-state index in [1.807, 2.05) is 44.6 Å². The number of hydrogen-bond donors (Lipinski definition) is 1. The zero-order chi connectivity index (χ0) is 14.8. The number of aromatic nitrogens is 2. The fraction of sp³-hybridized carbons (Fsp3) is 0.235. The summed E-state index contributed by atoms with van der Waals surface area (Å²) in [7, 11) is 1.90. The van der Waals surface area contributed by atoms with Crippen LogP contribution in [0.3, 0.4) is 0 Å². The molecule has 0 saturated heterocycles. The molecule has 0 aliphatic carbocycles. The third-order valence-corrected chi connectivity index (χ3v) is 3.54. The summed E-state index contributed by atoms with van der Waals surface area (Å²) in [5.41, 5.74) is 8.15. The Hall–Kier alpha value is -2.33. The van der Waals surface area contributed by atoms with Crippen molar-refractivity contribution >= 4 is 10.8 Å². The van der Waals surface area contributed by atoms with Crippen LogP contribution in [0.25, 0.3) is 10.8 Å². The van der Waals surface area contributed by atoms with Crippen LogP contribution < -0.4 is 10.5 Å². The highest BCUT2D eigenvalue weighted by Gasteiger charge is 2.12. The number of benzene rings is 2. The SMILES string of the molecule is C[C@@H](N)c1ccc2ccccc2c1OCc1cnn(C)c1. The fourth-order valence-corrected chi connectivity index (χ4v) is 2.48. The summed E-state index contributed by atoms with van der Waals surface area (Å²) < 4.78 is 7.85. The monoisotopic (exact) mass is 281 g/mol. The average Bonchev–Trinajstić information content (AvgIpc) is 2.90. The Bertz CT molecular complexity index is 762. The smallest absolute Gasteiger partial charge is 0.132 e. The summed E-state index contributed by atoms with van der Waals surface area (Å²) in [4.78, 5) is 0. The molecule has 3 rings (SSSR count). The molecule has 0 saturated carbocycles. The molecule has 4 heteroatoms. The third-order valence-electron chi connectivity index (χ3n) is 3.54. The fourth-order valence-electron chi connectivity index (χ4n) is 2.48. The van der Waals surface area contributed by atoms with Crippen LogP contribution in [-0.2, 0) is 13.7 Å². The molecule has 0 unspecified atom stereocenters. The number of nitrogens with zero attached hydrogens (tertiary/aromatic N) is 2. The first kappa shape index (κ1) is 13.6. The highest BCUT2D eigenvalue weighted by molar-refractivity contribution is 5.89. The molecule has 1 aromatic heterocycles. The second-order valence-corrected chi connectivity index (χ2v) is 5.30. The number of aryl methyl sites for hydroxylation is 1. The molecule has 4 nitrogen and oxygen atoms in total. The van der Waals surface area contributed by atoms with E-state index in [-0.39, 0.29) is 6.04 Å². The molecular weight excluding hydrogens is 262 g/mol. The number of hydrogen-bond acceptors (Lipinski definition) is 3.